The molecular formula is C13H19N3O2S. The van der Waals surface area contributed by atoms with Gasteiger partial charge in [-0.25, -0.2) is 13.1 Å². The van der Waals surface area contributed by atoms with Gasteiger partial charge in [0.2, 0.25) is 10.0 Å². The Morgan fingerprint density at radius 3 is 2.58 bits per heavy atom. The zero-order valence-electron chi connectivity index (χ0n) is 11.4. The van der Waals surface area contributed by atoms with E-state index >= 15 is 0 Å². The third-order valence-electron chi connectivity index (χ3n) is 2.58. The summed E-state index contributed by atoms with van der Waals surface area (Å²) in [5, 5.41) is 11.9. The number of nitrogens with zero attached hydrogens (tertiary/aromatic N) is 1. The Labute approximate surface area is 114 Å². The molecular weight excluding hydrogens is 262 g/mol. The Kier molecular flexibility index (Phi) is 5.48. The van der Waals surface area contributed by atoms with Gasteiger partial charge >= 0.3 is 0 Å². The first-order valence-electron chi connectivity index (χ1n) is 6.10. The third kappa shape index (κ3) is 4.63. The van der Waals surface area contributed by atoms with Crippen LogP contribution in [-0.4, -0.2) is 27.5 Å². The smallest absolute Gasteiger partial charge is 0.240 e. The maximum atomic E-state index is 12.1. The van der Waals surface area contributed by atoms with Crippen molar-refractivity contribution in [1.29, 1.82) is 5.26 Å². The average molecular weight is 281 g/mol. The van der Waals surface area contributed by atoms with Gasteiger partial charge in [0.25, 0.3) is 0 Å². The van der Waals surface area contributed by atoms with Crippen LogP contribution in [0, 0.1) is 18.3 Å². The second-order valence-electron chi connectivity index (χ2n) is 4.60. The van der Waals surface area contributed by atoms with Gasteiger partial charge in [-0.3, -0.25) is 0 Å². The number of nitriles is 1. The van der Waals surface area contributed by atoms with Crippen LogP contribution >= 0.6 is 0 Å². The Bertz CT molecular complexity index is 574. The fraction of sp³-hybridized carbons (Fsp3) is 0.462. The van der Waals surface area contributed by atoms with Crippen molar-refractivity contribution in [1.82, 2.24) is 10.0 Å². The Balaban J connectivity index is 2.80. The number of nitrogens with one attached hydrogen (secondary N) is 2. The van der Waals surface area contributed by atoms with Crippen molar-refractivity contribution < 1.29 is 8.42 Å². The van der Waals surface area contributed by atoms with Crippen molar-refractivity contribution in [2.75, 3.05) is 13.1 Å². The van der Waals surface area contributed by atoms with E-state index < -0.39 is 10.0 Å². The van der Waals surface area contributed by atoms with E-state index in [-0.39, 0.29) is 4.90 Å². The molecule has 5 nitrogen and oxygen atoms in total. The molecule has 0 spiro atoms. The second kappa shape index (κ2) is 6.66. The molecule has 0 aliphatic carbocycles. The summed E-state index contributed by atoms with van der Waals surface area (Å²) >= 11 is 0. The predicted molar refractivity (Wildman–Crippen MR) is 74.2 cm³/mol. The number of aryl methyl sites for hydroxylation is 1. The van der Waals surface area contributed by atoms with Gasteiger partial charge in [-0.2, -0.15) is 5.26 Å². The number of hydrogen-bond acceptors (Lipinski definition) is 4. The summed E-state index contributed by atoms with van der Waals surface area (Å²) in [6.07, 6.45) is 0. The molecule has 104 valence electrons. The standard InChI is InChI=1S/C13H19N3O2S/c1-10(2)15-6-7-16-19(17,18)13-8-12(9-14)5-4-11(13)3/h4-5,8,10,15-16H,6-7H2,1-3H3. The van der Waals surface area contributed by atoms with Crippen LogP contribution in [0.15, 0.2) is 23.1 Å². The molecule has 2 N–H and O–H groups in total. The molecule has 0 amide bonds. The van der Waals surface area contributed by atoms with Crippen LogP contribution in [0.4, 0.5) is 0 Å². The van der Waals surface area contributed by atoms with E-state index in [1.54, 1.807) is 19.1 Å². The zero-order chi connectivity index (χ0) is 14.5. The molecule has 1 aromatic rings. The molecule has 1 rings (SSSR count). The van der Waals surface area contributed by atoms with E-state index in [0.717, 1.165) is 0 Å². The topological polar surface area (TPSA) is 82.0 Å². The molecule has 1 aromatic carbocycles. The molecule has 6 heteroatoms. The number of hydrogen-bond donors (Lipinski definition) is 2. The van der Waals surface area contributed by atoms with Crippen molar-refractivity contribution >= 4 is 10.0 Å². The highest BCUT2D eigenvalue weighted by Crippen LogP contribution is 2.16. The van der Waals surface area contributed by atoms with Gasteiger partial charge < -0.3 is 5.32 Å². The summed E-state index contributed by atoms with van der Waals surface area (Å²) < 4.78 is 26.8. The van der Waals surface area contributed by atoms with Crippen molar-refractivity contribution in [2.24, 2.45) is 0 Å². The largest absolute Gasteiger partial charge is 0.313 e. The lowest BCUT2D eigenvalue weighted by Crippen LogP contribution is -2.34. The maximum Gasteiger partial charge on any atom is 0.240 e. The van der Waals surface area contributed by atoms with E-state index in [9.17, 15) is 8.42 Å². The van der Waals surface area contributed by atoms with E-state index in [1.807, 2.05) is 19.9 Å². The van der Waals surface area contributed by atoms with E-state index in [4.69, 9.17) is 5.26 Å². The molecule has 0 aliphatic heterocycles. The molecule has 19 heavy (non-hydrogen) atoms. The maximum absolute atomic E-state index is 12.1. The molecule has 0 aliphatic rings. The van der Waals surface area contributed by atoms with Crippen LogP contribution in [0.5, 0.6) is 0 Å². The number of sulfonamides is 1. The van der Waals surface area contributed by atoms with Crippen LogP contribution in [-0.2, 0) is 10.0 Å². The average Bonchev–Trinajstić information content (AvgIpc) is 2.35. The third-order valence-corrected chi connectivity index (χ3v) is 4.18. The van der Waals surface area contributed by atoms with Crippen molar-refractivity contribution in [3.05, 3.63) is 29.3 Å². The summed E-state index contributed by atoms with van der Waals surface area (Å²) in [6, 6.07) is 6.90. The van der Waals surface area contributed by atoms with Gasteiger partial charge in [-0.05, 0) is 24.6 Å². The molecule has 0 heterocycles. The highest BCUT2D eigenvalue weighted by molar-refractivity contribution is 7.89. The van der Waals surface area contributed by atoms with Crippen molar-refractivity contribution in [2.45, 2.75) is 31.7 Å². The lowest BCUT2D eigenvalue weighted by atomic mass is 10.2. The molecule has 0 radical (unpaired) electrons. The SMILES string of the molecule is Cc1ccc(C#N)cc1S(=O)(=O)NCCNC(C)C. The summed E-state index contributed by atoms with van der Waals surface area (Å²) in [4.78, 5) is 0.163. The van der Waals surface area contributed by atoms with Gasteiger partial charge in [-0.15, -0.1) is 0 Å². The number of benzene rings is 1. The zero-order valence-corrected chi connectivity index (χ0v) is 12.2. The molecule has 0 aromatic heterocycles. The molecule has 0 saturated heterocycles. The normalized spacial score (nSPS) is 11.5. The number of rotatable bonds is 6. The minimum absolute atomic E-state index is 0.163. The first-order valence-corrected chi connectivity index (χ1v) is 7.59. The molecule has 0 fully saturated rings. The van der Waals surface area contributed by atoms with E-state index in [1.165, 1.54) is 6.07 Å². The Morgan fingerprint density at radius 2 is 2.00 bits per heavy atom. The van der Waals surface area contributed by atoms with Gasteiger partial charge in [0, 0.05) is 19.1 Å². The lowest BCUT2D eigenvalue weighted by Gasteiger charge is -2.11. The van der Waals surface area contributed by atoms with Crippen LogP contribution < -0.4 is 10.0 Å². The molecule has 0 atom stereocenters. The highest BCUT2D eigenvalue weighted by atomic mass is 32.2. The monoisotopic (exact) mass is 281 g/mol. The van der Waals surface area contributed by atoms with E-state index in [2.05, 4.69) is 10.0 Å². The van der Waals surface area contributed by atoms with Gasteiger partial charge in [0.15, 0.2) is 0 Å². The Hall–Kier alpha value is -1.42. The summed E-state index contributed by atoms with van der Waals surface area (Å²) in [7, 11) is -3.56. The first kappa shape index (κ1) is 15.6. The Morgan fingerprint density at radius 1 is 1.32 bits per heavy atom. The van der Waals surface area contributed by atoms with Crippen LogP contribution in [0.1, 0.15) is 25.0 Å². The lowest BCUT2D eigenvalue weighted by molar-refractivity contribution is 0.559. The predicted octanol–water partition coefficient (Wildman–Crippen LogP) is 1.14. The molecule has 0 bridgehead atoms. The molecule has 0 saturated carbocycles. The summed E-state index contributed by atoms with van der Waals surface area (Å²) in [5.74, 6) is 0. The quantitative estimate of drug-likeness (QED) is 0.766. The van der Waals surface area contributed by atoms with Gasteiger partial charge in [-0.1, -0.05) is 19.9 Å². The highest BCUT2D eigenvalue weighted by Gasteiger charge is 2.16. The fourth-order valence-electron chi connectivity index (χ4n) is 1.58. The van der Waals surface area contributed by atoms with E-state index in [0.29, 0.717) is 30.3 Å². The summed E-state index contributed by atoms with van der Waals surface area (Å²) in [5.41, 5.74) is 0.967. The van der Waals surface area contributed by atoms with Gasteiger partial charge in [0.1, 0.15) is 0 Å². The molecule has 0 unspecified atom stereocenters. The van der Waals surface area contributed by atoms with Crippen LogP contribution in [0.3, 0.4) is 0 Å². The van der Waals surface area contributed by atoms with Crippen molar-refractivity contribution in [3.63, 3.8) is 0 Å². The first-order chi connectivity index (χ1) is 8.86. The fourth-order valence-corrected chi connectivity index (χ4v) is 2.88. The van der Waals surface area contributed by atoms with Crippen molar-refractivity contribution in [3.8, 4) is 6.07 Å². The van der Waals surface area contributed by atoms with Gasteiger partial charge in [0.05, 0.1) is 16.5 Å². The minimum Gasteiger partial charge on any atom is -0.313 e. The minimum atomic E-state index is -3.56. The second-order valence-corrected chi connectivity index (χ2v) is 6.33. The van der Waals surface area contributed by atoms with Crippen LogP contribution in [0.2, 0.25) is 0 Å². The van der Waals surface area contributed by atoms with Crippen LogP contribution in [0.25, 0.3) is 0 Å². The summed E-state index contributed by atoms with van der Waals surface area (Å²) in [6.45, 7) is 6.58.